The van der Waals surface area contributed by atoms with Crippen LogP contribution in [0.15, 0.2) is 0 Å². The Kier molecular flexibility index (Phi) is 5.96. The molecule has 2 fully saturated rings. The normalized spacial score (nSPS) is 21.7. The van der Waals surface area contributed by atoms with Crippen LogP contribution < -0.4 is 31.9 Å². The summed E-state index contributed by atoms with van der Waals surface area (Å²) in [5.41, 5.74) is 0. The SMILES string of the molecule is CCN1C(=O)NC(=O)C1NC(=O)NCNC(=O)NC1C(=O)NC(=O)N1CO. The number of aliphatic hydroxyl groups excluding tert-OH is 1. The maximum absolute atomic E-state index is 11.8. The highest BCUT2D eigenvalue weighted by molar-refractivity contribution is 6.05. The number of imide groups is 2. The lowest BCUT2D eigenvalue weighted by Gasteiger charge is -2.21. The van der Waals surface area contributed by atoms with Crippen molar-refractivity contribution in [3.8, 4) is 0 Å². The smallest absolute Gasteiger partial charge is 0.328 e. The van der Waals surface area contributed by atoms with Crippen LogP contribution in [0.2, 0.25) is 0 Å². The molecule has 15 nitrogen and oxygen atoms in total. The molecule has 2 heterocycles. The van der Waals surface area contributed by atoms with E-state index < -0.39 is 61.7 Å². The summed E-state index contributed by atoms with van der Waals surface area (Å²) in [5.74, 6) is -1.52. The molecule has 0 aliphatic carbocycles. The summed E-state index contributed by atoms with van der Waals surface area (Å²) >= 11 is 0. The van der Waals surface area contributed by atoms with E-state index >= 15 is 0 Å². The van der Waals surface area contributed by atoms with Crippen molar-refractivity contribution < 1.29 is 33.9 Å². The third kappa shape index (κ3) is 4.32. The highest BCUT2D eigenvalue weighted by Crippen LogP contribution is 2.05. The first-order valence-corrected chi connectivity index (χ1v) is 7.71. The van der Waals surface area contributed by atoms with Crippen LogP contribution in [0.1, 0.15) is 6.92 Å². The van der Waals surface area contributed by atoms with E-state index in [1.807, 2.05) is 10.6 Å². The topological polar surface area (TPSA) is 201 Å². The Balaban J connectivity index is 1.75. The molecule has 7 N–H and O–H groups in total. The van der Waals surface area contributed by atoms with Crippen LogP contribution in [-0.4, -0.2) is 83.1 Å². The number of carbonyl (C=O) groups excluding carboxylic acids is 6. The van der Waals surface area contributed by atoms with Gasteiger partial charge in [0, 0.05) is 6.54 Å². The summed E-state index contributed by atoms with van der Waals surface area (Å²) in [6, 6.07) is -3.25. The van der Waals surface area contributed by atoms with Crippen molar-refractivity contribution in [2.45, 2.75) is 19.3 Å². The van der Waals surface area contributed by atoms with Crippen LogP contribution in [0, 0.1) is 0 Å². The molecule has 0 radical (unpaired) electrons. The van der Waals surface area contributed by atoms with Crippen molar-refractivity contribution in [2.24, 2.45) is 0 Å². The summed E-state index contributed by atoms with van der Waals surface area (Å²) < 4.78 is 0. The number of hydrogen-bond acceptors (Lipinski definition) is 7. The van der Waals surface area contributed by atoms with Crippen LogP contribution in [0.25, 0.3) is 0 Å². The van der Waals surface area contributed by atoms with Gasteiger partial charge in [-0.1, -0.05) is 0 Å². The lowest BCUT2D eigenvalue weighted by Crippen LogP contribution is -2.56. The predicted molar refractivity (Wildman–Crippen MR) is 84.2 cm³/mol. The molecule has 0 spiro atoms. The summed E-state index contributed by atoms with van der Waals surface area (Å²) in [5, 5.41) is 21.8. The van der Waals surface area contributed by atoms with E-state index in [9.17, 15) is 28.8 Å². The number of carbonyl (C=O) groups is 6. The molecular formula is C12H18N8O7. The number of hydrogen-bond donors (Lipinski definition) is 7. The highest BCUT2D eigenvalue weighted by Gasteiger charge is 2.39. The Bertz CT molecular complexity index is 627. The van der Waals surface area contributed by atoms with Crippen molar-refractivity contribution in [2.75, 3.05) is 19.9 Å². The summed E-state index contributed by atoms with van der Waals surface area (Å²) in [7, 11) is 0. The summed E-state index contributed by atoms with van der Waals surface area (Å²) in [6.45, 7) is 0.621. The van der Waals surface area contributed by atoms with E-state index in [0.717, 1.165) is 4.90 Å². The molecule has 2 aliphatic heterocycles. The zero-order valence-corrected chi connectivity index (χ0v) is 14.1. The Labute approximate surface area is 151 Å². The summed E-state index contributed by atoms with van der Waals surface area (Å²) in [4.78, 5) is 71.1. The van der Waals surface area contributed by atoms with E-state index in [1.54, 1.807) is 6.92 Å². The third-order valence-electron chi connectivity index (χ3n) is 3.63. The molecule has 0 saturated carbocycles. The fraction of sp³-hybridized carbons (Fsp3) is 0.500. The first-order chi connectivity index (χ1) is 12.8. The molecule has 2 rings (SSSR count). The number of nitrogens with zero attached hydrogens (tertiary/aromatic N) is 2. The average molecular weight is 386 g/mol. The van der Waals surface area contributed by atoms with Crippen LogP contribution in [-0.2, 0) is 9.59 Å². The van der Waals surface area contributed by atoms with E-state index in [1.165, 1.54) is 0 Å². The number of amides is 10. The lowest BCUT2D eigenvalue weighted by molar-refractivity contribution is -0.123. The summed E-state index contributed by atoms with van der Waals surface area (Å²) in [6.07, 6.45) is -2.58. The maximum Gasteiger partial charge on any atom is 0.328 e. The van der Waals surface area contributed by atoms with Gasteiger partial charge in [-0.2, -0.15) is 0 Å². The van der Waals surface area contributed by atoms with Gasteiger partial charge in [0.2, 0.25) is 0 Å². The first kappa shape index (κ1) is 19.7. The molecule has 0 aromatic rings. The second-order valence-corrected chi connectivity index (χ2v) is 5.27. The fourth-order valence-electron chi connectivity index (χ4n) is 2.32. The molecule has 0 aromatic heterocycles. The third-order valence-corrected chi connectivity index (χ3v) is 3.63. The van der Waals surface area contributed by atoms with Crippen LogP contribution >= 0.6 is 0 Å². The zero-order valence-electron chi connectivity index (χ0n) is 14.1. The minimum atomic E-state index is -1.40. The van der Waals surface area contributed by atoms with Crippen molar-refractivity contribution in [1.29, 1.82) is 0 Å². The van der Waals surface area contributed by atoms with E-state index in [2.05, 4.69) is 21.3 Å². The van der Waals surface area contributed by atoms with Gasteiger partial charge >= 0.3 is 24.1 Å². The molecule has 0 bridgehead atoms. The van der Waals surface area contributed by atoms with Gasteiger partial charge in [0.1, 0.15) is 6.73 Å². The molecule has 10 amide bonds. The number of likely N-dealkylation sites (N-methyl/N-ethyl adjacent to an activating group) is 1. The van der Waals surface area contributed by atoms with Gasteiger partial charge in [0.15, 0.2) is 12.3 Å². The van der Waals surface area contributed by atoms with Crippen LogP contribution in [0.3, 0.4) is 0 Å². The van der Waals surface area contributed by atoms with Gasteiger partial charge in [0.25, 0.3) is 11.8 Å². The monoisotopic (exact) mass is 386 g/mol. The van der Waals surface area contributed by atoms with Gasteiger partial charge in [0.05, 0.1) is 6.67 Å². The minimum Gasteiger partial charge on any atom is -0.376 e. The van der Waals surface area contributed by atoms with Gasteiger partial charge in [-0.25, -0.2) is 19.2 Å². The molecule has 2 atom stereocenters. The van der Waals surface area contributed by atoms with Gasteiger partial charge in [-0.3, -0.25) is 30.0 Å². The second-order valence-electron chi connectivity index (χ2n) is 5.27. The second kappa shape index (κ2) is 8.17. The molecule has 15 heteroatoms. The fourth-order valence-corrected chi connectivity index (χ4v) is 2.32. The average Bonchev–Trinajstić information content (AvgIpc) is 3.02. The Morgan fingerprint density at radius 1 is 0.926 bits per heavy atom. The molecular weight excluding hydrogens is 368 g/mol. The number of aliphatic hydroxyl groups is 1. The highest BCUT2D eigenvalue weighted by atomic mass is 16.3. The Morgan fingerprint density at radius 3 is 1.81 bits per heavy atom. The van der Waals surface area contributed by atoms with Gasteiger partial charge in [-0.15, -0.1) is 0 Å². The van der Waals surface area contributed by atoms with Crippen molar-refractivity contribution >= 4 is 35.9 Å². The molecule has 0 aromatic carbocycles. The molecule has 2 aliphatic rings. The minimum absolute atomic E-state index is 0.187. The van der Waals surface area contributed by atoms with E-state index in [4.69, 9.17) is 5.11 Å². The predicted octanol–water partition coefficient (Wildman–Crippen LogP) is -3.73. The number of urea groups is 4. The van der Waals surface area contributed by atoms with Gasteiger partial charge < -0.3 is 26.4 Å². The van der Waals surface area contributed by atoms with Crippen molar-refractivity contribution in [3.63, 3.8) is 0 Å². The molecule has 2 saturated heterocycles. The van der Waals surface area contributed by atoms with Crippen molar-refractivity contribution in [1.82, 2.24) is 41.7 Å². The van der Waals surface area contributed by atoms with E-state index in [-0.39, 0.29) is 6.54 Å². The molecule has 148 valence electrons. The lowest BCUT2D eigenvalue weighted by atomic mass is 10.4. The quantitative estimate of drug-likeness (QED) is 0.179. The number of rotatable bonds is 6. The Morgan fingerprint density at radius 2 is 1.37 bits per heavy atom. The maximum atomic E-state index is 11.8. The molecule has 27 heavy (non-hydrogen) atoms. The van der Waals surface area contributed by atoms with Crippen LogP contribution in [0.4, 0.5) is 19.2 Å². The standard InChI is InChI=1S/C12H18N8O7/c1-2-19-5(7(22)17-11(19)26)15-9(24)13-3-14-10(25)16-6-8(23)18-12(27)20(6)4-21/h5-6,21H,2-4H2,1H3,(H2,13,15,24)(H2,14,16,25)(H,17,22,26)(H,18,23,27). The molecule has 2 unspecified atom stereocenters. The van der Waals surface area contributed by atoms with Crippen LogP contribution in [0.5, 0.6) is 0 Å². The Hall–Kier alpha value is -3.62. The first-order valence-electron chi connectivity index (χ1n) is 7.71. The largest absolute Gasteiger partial charge is 0.376 e. The van der Waals surface area contributed by atoms with E-state index in [0.29, 0.717) is 4.90 Å². The van der Waals surface area contributed by atoms with Crippen molar-refractivity contribution in [3.05, 3.63) is 0 Å². The number of nitrogens with one attached hydrogen (secondary N) is 6. The zero-order chi connectivity index (χ0) is 20.1. The van der Waals surface area contributed by atoms with Gasteiger partial charge in [-0.05, 0) is 6.92 Å².